The second-order valence-electron chi connectivity index (χ2n) is 6.72. The van der Waals surface area contributed by atoms with Crippen LogP contribution in [-0.2, 0) is 12.8 Å². The number of fused-ring (bicyclic) bond motifs is 1. The molecule has 1 atom stereocenters. The summed E-state index contributed by atoms with van der Waals surface area (Å²) in [5.41, 5.74) is 4.01. The Morgan fingerprint density at radius 1 is 1.11 bits per heavy atom. The fourth-order valence-corrected chi connectivity index (χ4v) is 4.72. The van der Waals surface area contributed by atoms with Gasteiger partial charge in [0.25, 0.3) is 0 Å². The molecule has 1 aromatic carbocycles. The van der Waals surface area contributed by atoms with Gasteiger partial charge in [0.1, 0.15) is 0 Å². The van der Waals surface area contributed by atoms with Gasteiger partial charge in [-0.2, -0.15) is 0 Å². The number of hydrogen-bond donors (Lipinski definition) is 0. The third kappa shape index (κ3) is 3.70. The second kappa shape index (κ2) is 8.11. The van der Waals surface area contributed by atoms with E-state index in [1.807, 2.05) is 23.7 Å². The van der Waals surface area contributed by atoms with E-state index in [0.717, 1.165) is 37.4 Å². The molecule has 0 bridgehead atoms. The largest absolute Gasteiger partial charge is 0.493 e. The van der Waals surface area contributed by atoms with E-state index in [0.29, 0.717) is 0 Å². The molecule has 0 fully saturated rings. The molecule has 0 N–H and O–H groups in total. The van der Waals surface area contributed by atoms with Crippen molar-refractivity contribution in [3.05, 3.63) is 75.7 Å². The Labute approximate surface area is 164 Å². The monoisotopic (exact) mass is 380 g/mol. The summed E-state index contributed by atoms with van der Waals surface area (Å²) in [4.78, 5) is 8.08. The van der Waals surface area contributed by atoms with Crippen LogP contribution in [0.5, 0.6) is 11.5 Å². The first-order valence-electron chi connectivity index (χ1n) is 9.21. The van der Waals surface area contributed by atoms with Crippen LogP contribution in [0.2, 0.25) is 0 Å². The molecular weight excluding hydrogens is 356 g/mol. The van der Waals surface area contributed by atoms with Gasteiger partial charge in [-0.25, -0.2) is 0 Å². The minimum atomic E-state index is 0.260. The van der Waals surface area contributed by atoms with Crippen molar-refractivity contribution in [3.63, 3.8) is 0 Å². The van der Waals surface area contributed by atoms with E-state index in [1.165, 1.54) is 21.6 Å². The molecule has 0 amide bonds. The van der Waals surface area contributed by atoms with Crippen molar-refractivity contribution in [2.24, 2.45) is 0 Å². The summed E-state index contributed by atoms with van der Waals surface area (Å²) in [6.07, 6.45) is 5.78. The molecule has 4 nitrogen and oxygen atoms in total. The first-order chi connectivity index (χ1) is 13.3. The van der Waals surface area contributed by atoms with Crippen molar-refractivity contribution >= 4 is 11.3 Å². The lowest BCUT2D eigenvalue weighted by atomic mass is 9.90. The predicted octanol–water partition coefficient (Wildman–Crippen LogP) is 4.35. The molecule has 1 aliphatic heterocycles. The average Bonchev–Trinajstić information content (AvgIpc) is 3.25. The highest BCUT2D eigenvalue weighted by atomic mass is 32.1. The molecule has 3 aromatic rings. The Morgan fingerprint density at radius 2 is 1.89 bits per heavy atom. The van der Waals surface area contributed by atoms with E-state index in [-0.39, 0.29) is 6.04 Å². The average molecular weight is 381 g/mol. The Hall–Kier alpha value is -2.37. The van der Waals surface area contributed by atoms with Crippen LogP contribution in [0.4, 0.5) is 0 Å². The van der Waals surface area contributed by atoms with Crippen LogP contribution in [0.25, 0.3) is 0 Å². The Kier molecular flexibility index (Phi) is 5.41. The number of methoxy groups -OCH3 is 2. The van der Waals surface area contributed by atoms with E-state index in [2.05, 4.69) is 51.7 Å². The molecule has 5 heteroatoms. The van der Waals surface area contributed by atoms with Gasteiger partial charge >= 0.3 is 0 Å². The predicted molar refractivity (Wildman–Crippen MR) is 109 cm³/mol. The van der Waals surface area contributed by atoms with E-state index in [4.69, 9.17) is 9.47 Å². The highest BCUT2D eigenvalue weighted by Gasteiger charge is 2.30. The number of benzene rings is 1. The summed E-state index contributed by atoms with van der Waals surface area (Å²) in [6.45, 7) is 2.05. The number of thiophene rings is 1. The van der Waals surface area contributed by atoms with Crippen LogP contribution < -0.4 is 9.47 Å². The van der Waals surface area contributed by atoms with Gasteiger partial charge in [-0.3, -0.25) is 9.88 Å². The lowest BCUT2D eigenvalue weighted by Gasteiger charge is -2.37. The topological polar surface area (TPSA) is 34.6 Å². The molecule has 3 heterocycles. The van der Waals surface area contributed by atoms with Crippen molar-refractivity contribution in [1.82, 2.24) is 9.88 Å². The van der Waals surface area contributed by atoms with Crippen LogP contribution in [0, 0.1) is 0 Å². The minimum absolute atomic E-state index is 0.260. The second-order valence-corrected chi connectivity index (χ2v) is 7.69. The first-order valence-corrected chi connectivity index (χ1v) is 10.1. The fraction of sp³-hybridized carbons (Fsp3) is 0.318. The number of pyridine rings is 1. The normalized spacial score (nSPS) is 16.7. The van der Waals surface area contributed by atoms with Crippen molar-refractivity contribution in [2.45, 2.75) is 18.9 Å². The van der Waals surface area contributed by atoms with Gasteiger partial charge in [0.2, 0.25) is 0 Å². The fourth-order valence-electron chi connectivity index (χ4n) is 3.84. The Morgan fingerprint density at radius 3 is 2.59 bits per heavy atom. The number of ether oxygens (including phenoxy) is 2. The standard InChI is InChI=1S/C22H24N2O2S/c1-25-19-14-17-8-12-24(11-7-16-5-9-23-10-6-16)22(21-4-3-13-27-21)18(17)15-20(19)26-2/h3-6,9-10,13-15,22H,7-8,11-12H2,1-2H3. The summed E-state index contributed by atoms with van der Waals surface area (Å²) >= 11 is 1.82. The number of nitrogens with zero attached hydrogens (tertiary/aromatic N) is 2. The van der Waals surface area contributed by atoms with E-state index < -0.39 is 0 Å². The highest BCUT2D eigenvalue weighted by molar-refractivity contribution is 7.10. The third-order valence-corrected chi connectivity index (χ3v) is 6.15. The third-order valence-electron chi connectivity index (χ3n) is 5.22. The van der Waals surface area contributed by atoms with Crippen LogP contribution >= 0.6 is 11.3 Å². The van der Waals surface area contributed by atoms with Gasteiger partial charge in [-0.1, -0.05) is 6.07 Å². The highest BCUT2D eigenvalue weighted by Crippen LogP contribution is 2.42. The number of aromatic nitrogens is 1. The van der Waals surface area contributed by atoms with Gasteiger partial charge in [-0.05, 0) is 65.2 Å². The zero-order chi connectivity index (χ0) is 18.6. The maximum absolute atomic E-state index is 5.59. The van der Waals surface area contributed by atoms with Gasteiger partial charge in [-0.15, -0.1) is 11.3 Å². The molecule has 0 aliphatic carbocycles. The quantitative estimate of drug-likeness (QED) is 0.637. The zero-order valence-electron chi connectivity index (χ0n) is 15.7. The lowest BCUT2D eigenvalue weighted by Crippen LogP contribution is -2.37. The molecule has 4 rings (SSSR count). The van der Waals surface area contributed by atoms with Crippen LogP contribution in [0.3, 0.4) is 0 Å². The SMILES string of the molecule is COc1cc2c(cc1OC)C(c1cccs1)N(CCc1ccncc1)CC2. The summed E-state index contributed by atoms with van der Waals surface area (Å²) in [7, 11) is 3.40. The summed E-state index contributed by atoms with van der Waals surface area (Å²) in [5, 5.41) is 2.16. The smallest absolute Gasteiger partial charge is 0.161 e. The van der Waals surface area contributed by atoms with Crippen LogP contribution in [0.1, 0.15) is 27.6 Å². The molecule has 0 spiro atoms. The van der Waals surface area contributed by atoms with Gasteiger partial charge < -0.3 is 9.47 Å². The van der Waals surface area contributed by atoms with Crippen LogP contribution in [0.15, 0.2) is 54.2 Å². The lowest BCUT2D eigenvalue weighted by molar-refractivity contribution is 0.217. The Bertz CT molecular complexity index is 881. The molecule has 2 aromatic heterocycles. The van der Waals surface area contributed by atoms with Crippen molar-refractivity contribution < 1.29 is 9.47 Å². The van der Waals surface area contributed by atoms with E-state index >= 15 is 0 Å². The molecule has 27 heavy (non-hydrogen) atoms. The molecule has 0 saturated heterocycles. The number of hydrogen-bond acceptors (Lipinski definition) is 5. The molecule has 0 radical (unpaired) electrons. The van der Waals surface area contributed by atoms with E-state index in [9.17, 15) is 0 Å². The molecule has 140 valence electrons. The summed E-state index contributed by atoms with van der Waals surface area (Å²) in [5.74, 6) is 1.61. The van der Waals surface area contributed by atoms with Gasteiger partial charge in [0, 0.05) is 30.4 Å². The van der Waals surface area contributed by atoms with Crippen molar-refractivity contribution in [2.75, 3.05) is 27.3 Å². The van der Waals surface area contributed by atoms with Crippen LogP contribution in [-0.4, -0.2) is 37.2 Å². The minimum Gasteiger partial charge on any atom is -0.493 e. The summed E-state index contributed by atoms with van der Waals surface area (Å²) < 4.78 is 11.1. The maximum atomic E-state index is 5.59. The van der Waals surface area contributed by atoms with Gasteiger partial charge in [0.15, 0.2) is 11.5 Å². The summed E-state index contributed by atoms with van der Waals surface area (Å²) in [6, 6.07) is 13.1. The zero-order valence-corrected chi connectivity index (χ0v) is 16.5. The van der Waals surface area contributed by atoms with Gasteiger partial charge in [0.05, 0.1) is 20.3 Å². The molecular formula is C22H24N2O2S. The first kappa shape index (κ1) is 18.0. The molecule has 0 saturated carbocycles. The maximum Gasteiger partial charge on any atom is 0.161 e. The molecule has 1 unspecified atom stereocenters. The van der Waals surface area contributed by atoms with E-state index in [1.54, 1.807) is 14.2 Å². The number of rotatable bonds is 6. The van der Waals surface area contributed by atoms with Crippen molar-refractivity contribution in [3.8, 4) is 11.5 Å². The van der Waals surface area contributed by atoms with Crippen molar-refractivity contribution in [1.29, 1.82) is 0 Å². The Balaban J connectivity index is 1.68. The molecule has 1 aliphatic rings.